The van der Waals surface area contributed by atoms with Crippen LogP contribution < -0.4 is 15.8 Å². The summed E-state index contributed by atoms with van der Waals surface area (Å²) in [6, 6.07) is 5.99. The highest BCUT2D eigenvalue weighted by molar-refractivity contribution is 5.70. The number of ether oxygens (including phenoxy) is 2. The molecule has 0 spiro atoms. The van der Waals surface area contributed by atoms with Crippen LogP contribution in [0.15, 0.2) is 24.8 Å². The van der Waals surface area contributed by atoms with Crippen molar-refractivity contribution in [3.05, 3.63) is 30.3 Å². The van der Waals surface area contributed by atoms with Crippen LogP contribution in [0, 0.1) is 11.8 Å². The van der Waals surface area contributed by atoms with Crippen molar-refractivity contribution in [1.29, 1.82) is 0 Å². The third-order valence-electron chi connectivity index (χ3n) is 4.77. The highest BCUT2D eigenvalue weighted by Crippen LogP contribution is 2.46. The number of amides is 1. The molecular formula is C19H27N3O3. The van der Waals surface area contributed by atoms with Crippen LogP contribution in [0.3, 0.4) is 0 Å². The zero-order valence-corrected chi connectivity index (χ0v) is 15.3. The Labute approximate surface area is 149 Å². The third-order valence-corrected chi connectivity index (χ3v) is 4.77. The molecule has 136 valence electrons. The van der Waals surface area contributed by atoms with Crippen LogP contribution in [-0.4, -0.2) is 42.8 Å². The van der Waals surface area contributed by atoms with Gasteiger partial charge in [0.2, 0.25) is 0 Å². The lowest BCUT2D eigenvalue weighted by molar-refractivity contribution is 0.0270. The first-order chi connectivity index (χ1) is 11.7. The van der Waals surface area contributed by atoms with E-state index in [1.165, 1.54) is 0 Å². The van der Waals surface area contributed by atoms with Gasteiger partial charge in [0, 0.05) is 42.2 Å². The summed E-state index contributed by atoms with van der Waals surface area (Å²) in [7, 11) is 1.60. The van der Waals surface area contributed by atoms with Crippen molar-refractivity contribution < 1.29 is 14.3 Å². The van der Waals surface area contributed by atoms with Crippen molar-refractivity contribution in [3.8, 4) is 5.75 Å². The third kappa shape index (κ3) is 3.67. The maximum atomic E-state index is 12.1. The van der Waals surface area contributed by atoms with Gasteiger partial charge in [-0.15, -0.1) is 0 Å². The molecule has 6 heteroatoms. The van der Waals surface area contributed by atoms with Crippen molar-refractivity contribution in [2.45, 2.75) is 32.4 Å². The number of fused-ring (bicyclic) bond motifs is 1. The SMILES string of the molecule is C=C(NC1C2CN(C(=O)OC(C)(C)C)CC21)c1ccc(N)c(OC)c1. The van der Waals surface area contributed by atoms with Crippen LogP contribution >= 0.6 is 0 Å². The number of hydrogen-bond donors (Lipinski definition) is 2. The number of hydrogen-bond acceptors (Lipinski definition) is 5. The monoisotopic (exact) mass is 345 g/mol. The molecule has 0 aromatic heterocycles. The minimum Gasteiger partial charge on any atom is -0.495 e. The number of methoxy groups -OCH3 is 1. The Morgan fingerprint density at radius 1 is 1.32 bits per heavy atom. The molecule has 1 aromatic rings. The number of rotatable bonds is 4. The molecule has 2 fully saturated rings. The molecule has 2 aliphatic rings. The lowest BCUT2D eigenvalue weighted by atomic mass is 10.1. The van der Waals surface area contributed by atoms with E-state index in [1.54, 1.807) is 12.0 Å². The largest absolute Gasteiger partial charge is 0.495 e. The van der Waals surface area contributed by atoms with Gasteiger partial charge in [-0.25, -0.2) is 4.79 Å². The number of carbonyl (C=O) groups excluding carboxylic acids is 1. The summed E-state index contributed by atoms with van der Waals surface area (Å²) in [5, 5.41) is 3.48. The molecule has 3 rings (SSSR count). The van der Waals surface area contributed by atoms with E-state index >= 15 is 0 Å². The summed E-state index contributed by atoms with van der Waals surface area (Å²) in [4.78, 5) is 13.9. The highest BCUT2D eigenvalue weighted by Gasteiger charge is 2.57. The van der Waals surface area contributed by atoms with E-state index in [0.29, 0.717) is 29.3 Å². The van der Waals surface area contributed by atoms with Crippen LogP contribution in [0.25, 0.3) is 5.70 Å². The second-order valence-electron chi connectivity index (χ2n) is 7.82. The normalized spacial score (nSPS) is 24.5. The minimum atomic E-state index is -0.454. The van der Waals surface area contributed by atoms with Gasteiger partial charge in [-0.1, -0.05) is 12.6 Å². The van der Waals surface area contributed by atoms with Gasteiger partial charge in [-0.05, 0) is 32.9 Å². The predicted octanol–water partition coefficient (Wildman–Crippen LogP) is 2.70. The lowest BCUT2D eigenvalue weighted by Gasteiger charge is -2.26. The van der Waals surface area contributed by atoms with Gasteiger partial charge in [-0.3, -0.25) is 0 Å². The molecular weight excluding hydrogens is 318 g/mol. The zero-order chi connectivity index (χ0) is 18.4. The molecule has 0 radical (unpaired) electrons. The quantitative estimate of drug-likeness (QED) is 0.821. The molecule has 1 saturated heterocycles. The molecule has 25 heavy (non-hydrogen) atoms. The fourth-order valence-electron chi connectivity index (χ4n) is 3.40. The number of piperidine rings is 1. The number of nitrogens with zero attached hydrogens (tertiary/aromatic N) is 1. The van der Waals surface area contributed by atoms with Crippen molar-refractivity contribution in [3.63, 3.8) is 0 Å². The fourth-order valence-corrected chi connectivity index (χ4v) is 3.40. The number of benzene rings is 1. The molecule has 1 saturated carbocycles. The number of nitrogens with two attached hydrogens (primary N) is 1. The summed E-state index contributed by atoms with van der Waals surface area (Å²) < 4.78 is 10.7. The summed E-state index contributed by atoms with van der Waals surface area (Å²) in [6.07, 6.45) is -0.222. The van der Waals surface area contributed by atoms with Gasteiger partial charge in [0.1, 0.15) is 11.4 Å². The first kappa shape index (κ1) is 17.5. The summed E-state index contributed by atoms with van der Waals surface area (Å²) in [5.74, 6) is 1.56. The summed E-state index contributed by atoms with van der Waals surface area (Å²) >= 11 is 0. The van der Waals surface area contributed by atoms with Gasteiger partial charge < -0.3 is 25.4 Å². The van der Waals surface area contributed by atoms with E-state index in [4.69, 9.17) is 15.2 Å². The van der Waals surface area contributed by atoms with E-state index in [-0.39, 0.29) is 6.09 Å². The molecule has 1 aliphatic heterocycles. The molecule has 1 aromatic carbocycles. The van der Waals surface area contributed by atoms with Crippen LogP contribution in [0.2, 0.25) is 0 Å². The summed E-state index contributed by atoms with van der Waals surface area (Å²) in [6.45, 7) is 11.2. The standard InChI is InChI=1S/C19H27N3O3/c1-11(12-6-7-15(20)16(8-12)24-5)21-17-13-9-22(10-14(13)17)18(23)25-19(2,3)4/h6-8,13-14,17,21H,1,9-10,20H2,2-5H3. The number of nitrogen functional groups attached to an aromatic ring is 1. The number of anilines is 1. The molecule has 2 atom stereocenters. The topological polar surface area (TPSA) is 76.8 Å². The Hall–Kier alpha value is -2.37. The molecule has 1 amide bonds. The molecule has 1 heterocycles. The molecule has 0 bridgehead atoms. The molecule has 3 N–H and O–H groups in total. The molecule has 2 unspecified atom stereocenters. The average molecular weight is 345 g/mol. The van der Waals surface area contributed by atoms with E-state index in [9.17, 15) is 4.79 Å². The van der Waals surface area contributed by atoms with Crippen molar-refractivity contribution >= 4 is 17.5 Å². The molecule has 1 aliphatic carbocycles. The zero-order valence-electron chi connectivity index (χ0n) is 15.3. The van der Waals surface area contributed by atoms with E-state index in [1.807, 2.05) is 39.0 Å². The predicted molar refractivity (Wildman–Crippen MR) is 98.2 cm³/mol. The van der Waals surface area contributed by atoms with Crippen molar-refractivity contribution in [2.24, 2.45) is 11.8 Å². The minimum absolute atomic E-state index is 0.222. The summed E-state index contributed by atoms with van der Waals surface area (Å²) in [5.41, 5.74) is 7.81. The van der Waals surface area contributed by atoms with E-state index < -0.39 is 5.60 Å². The lowest BCUT2D eigenvalue weighted by Crippen LogP contribution is -2.38. The van der Waals surface area contributed by atoms with Gasteiger partial charge in [-0.2, -0.15) is 0 Å². The van der Waals surface area contributed by atoms with Crippen LogP contribution in [0.5, 0.6) is 5.75 Å². The van der Waals surface area contributed by atoms with Crippen molar-refractivity contribution in [1.82, 2.24) is 10.2 Å². The first-order valence-corrected chi connectivity index (χ1v) is 8.57. The Balaban J connectivity index is 1.53. The Bertz CT molecular complexity index is 684. The van der Waals surface area contributed by atoms with Gasteiger partial charge in [0.15, 0.2) is 0 Å². The molecule has 6 nitrogen and oxygen atoms in total. The maximum absolute atomic E-state index is 12.1. The second kappa shape index (κ2) is 6.17. The Morgan fingerprint density at radius 2 is 1.96 bits per heavy atom. The maximum Gasteiger partial charge on any atom is 0.410 e. The van der Waals surface area contributed by atoms with Gasteiger partial charge in [0.25, 0.3) is 0 Å². The van der Waals surface area contributed by atoms with Gasteiger partial charge in [0.05, 0.1) is 12.8 Å². The average Bonchev–Trinajstić information content (AvgIpc) is 2.96. The van der Waals surface area contributed by atoms with Gasteiger partial charge >= 0.3 is 6.09 Å². The Kier molecular flexibility index (Phi) is 4.31. The van der Waals surface area contributed by atoms with Crippen LogP contribution in [0.4, 0.5) is 10.5 Å². The second-order valence-corrected chi connectivity index (χ2v) is 7.82. The highest BCUT2D eigenvalue weighted by atomic mass is 16.6. The fraction of sp³-hybridized carbons (Fsp3) is 0.526. The van der Waals surface area contributed by atoms with E-state index in [0.717, 1.165) is 24.4 Å². The van der Waals surface area contributed by atoms with Crippen LogP contribution in [-0.2, 0) is 4.74 Å². The van der Waals surface area contributed by atoms with E-state index in [2.05, 4.69) is 11.9 Å². The smallest absolute Gasteiger partial charge is 0.410 e. The van der Waals surface area contributed by atoms with Crippen molar-refractivity contribution in [2.75, 3.05) is 25.9 Å². The van der Waals surface area contributed by atoms with Crippen LogP contribution in [0.1, 0.15) is 26.3 Å². The number of likely N-dealkylation sites (tertiary alicyclic amines) is 1. The number of nitrogens with one attached hydrogen (secondary N) is 1. The Morgan fingerprint density at radius 3 is 2.52 bits per heavy atom. The first-order valence-electron chi connectivity index (χ1n) is 8.57. The number of carbonyl (C=O) groups is 1.